The molecular formula is C27H34N2O2. The number of nitrogens with zero attached hydrogens (tertiary/aromatic N) is 2. The molecule has 4 nitrogen and oxygen atoms in total. The SMILES string of the molecule is CCCCN(Cc1cccn1Cc1cccc(OC)c1)C(=O)[C@H](CC)c1ccccc1. The van der Waals surface area contributed by atoms with Crippen LogP contribution in [-0.2, 0) is 17.9 Å². The van der Waals surface area contributed by atoms with Crippen molar-refractivity contribution in [3.63, 3.8) is 0 Å². The number of unbranched alkanes of at least 4 members (excludes halogenated alkanes) is 1. The first-order valence-electron chi connectivity index (χ1n) is 11.3. The van der Waals surface area contributed by atoms with E-state index in [-0.39, 0.29) is 11.8 Å². The third kappa shape index (κ3) is 6.00. The summed E-state index contributed by atoms with van der Waals surface area (Å²) in [6.45, 7) is 6.43. The van der Waals surface area contributed by atoms with Crippen LogP contribution in [0, 0.1) is 0 Å². The topological polar surface area (TPSA) is 34.5 Å². The third-order valence-electron chi connectivity index (χ3n) is 5.77. The number of carbonyl (C=O) groups excluding carboxylic acids is 1. The highest BCUT2D eigenvalue weighted by atomic mass is 16.5. The summed E-state index contributed by atoms with van der Waals surface area (Å²) < 4.78 is 7.59. The fourth-order valence-corrected chi connectivity index (χ4v) is 3.99. The molecule has 0 radical (unpaired) electrons. The molecule has 0 N–H and O–H groups in total. The lowest BCUT2D eigenvalue weighted by atomic mass is 9.95. The van der Waals surface area contributed by atoms with Gasteiger partial charge in [0, 0.05) is 25.0 Å². The maximum absolute atomic E-state index is 13.6. The van der Waals surface area contributed by atoms with E-state index in [0.717, 1.165) is 49.4 Å². The maximum Gasteiger partial charge on any atom is 0.230 e. The van der Waals surface area contributed by atoms with E-state index in [4.69, 9.17) is 4.74 Å². The van der Waals surface area contributed by atoms with Crippen LogP contribution in [0.25, 0.3) is 0 Å². The lowest BCUT2D eigenvalue weighted by molar-refractivity contribution is -0.133. The van der Waals surface area contributed by atoms with Crippen molar-refractivity contribution in [3.05, 3.63) is 89.7 Å². The maximum atomic E-state index is 13.6. The van der Waals surface area contributed by atoms with E-state index in [0.29, 0.717) is 6.54 Å². The number of hydrogen-bond donors (Lipinski definition) is 0. The van der Waals surface area contributed by atoms with E-state index in [9.17, 15) is 4.79 Å². The molecule has 2 aromatic carbocycles. The molecule has 3 rings (SSSR count). The minimum atomic E-state index is -0.0974. The third-order valence-corrected chi connectivity index (χ3v) is 5.77. The summed E-state index contributed by atoms with van der Waals surface area (Å²) in [6, 6.07) is 22.5. The molecular weight excluding hydrogens is 384 g/mol. The van der Waals surface area contributed by atoms with Gasteiger partial charge in [-0.05, 0) is 48.2 Å². The number of hydrogen-bond acceptors (Lipinski definition) is 2. The normalized spacial score (nSPS) is 11.8. The van der Waals surface area contributed by atoms with Crippen molar-refractivity contribution >= 4 is 5.91 Å². The minimum absolute atomic E-state index is 0.0974. The Kier molecular flexibility index (Phi) is 8.34. The van der Waals surface area contributed by atoms with Crippen molar-refractivity contribution in [1.82, 2.24) is 9.47 Å². The van der Waals surface area contributed by atoms with Gasteiger partial charge in [0.2, 0.25) is 5.91 Å². The molecule has 0 bridgehead atoms. The number of amides is 1. The van der Waals surface area contributed by atoms with Gasteiger partial charge in [-0.25, -0.2) is 0 Å². The molecule has 1 aromatic heterocycles. The number of carbonyl (C=O) groups is 1. The van der Waals surface area contributed by atoms with E-state index >= 15 is 0 Å². The first-order valence-corrected chi connectivity index (χ1v) is 11.3. The molecule has 1 heterocycles. The first kappa shape index (κ1) is 22.7. The molecule has 0 aliphatic rings. The molecule has 0 unspecified atom stereocenters. The van der Waals surface area contributed by atoms with Gasteiger partial charge < -0.3 is 14.2 Å². The van der Waals surface area contributed by atoms with Gasteiger partial charge in [0.1, 0.15) is 5.75 Å². The zero-order valence-electron chi connectivity index (χ0n) is 19.0. The second-order valence-corrected chi connectivity index (χ2v) is 7.96. The average molecular weight is 419 g/mol. The summed E-state index contributed by atoms with van der Waals surface area (Å²) in [5.41, 5.74) is 3.43. The van der Waals surface area contributed by atoms with Gasteiger partial charge in [-0.2, -0.15) is 0 Å². The Hall–Kier alpha value is -3.01. The van der Waals surface area contributed by atoms with Crippen LogP contribution in [-0.4, -0.2) is 29.0 Å². The summed E-state index contributed by atoms with van der Waals surface area (Å²) in [5.74, 6) is 0.982. The molecule has 31 heavy (non-hydrogen) atoms. The molecule has 4 heteroatoms. The highest BCUT2D eigenvalue weighted by Crippen LogP contribution is 2.24. The fraction of sp³-hybridized carbons (Fsp3) is 0.370. The van der Waals surface area contributed by atoms with Crippen molar-refractivity contribution in [1.29, 1.82) is 0 Å². The second-order valence-electron chi connectivity index (χ2n) is 7.96. The summed E-state index contributed by atoms with van der Waals surface area (Å²) in [4.78, 5) is 15.6. The molecule has 1 amide bonds. The lowest BCUT2D eigenvalue weighted by Crippen LogP contribution is -2.36. The van der Waals surface area contributed by atoms with Crippen LogP contribution in [0.5, 0.6) is 5.75 Å². The van der Waals surface area contributed by atoms with Crippen LogP contribution >= 0.6 is 0 Å². The van der Waals surface area contributed by atoms with Crippen LogP contribution in [0.2, 0.25) is 0 Å². The Balaban J connectivity index is 1.80. The molecule has 0 aliphatic heterocycles. The van der Waals surface area contributed by atoms with E-state index in [2.05, 4.69) is 61.0 Å². The van der Waals surface area contributed by atoms with E-state index in [1.54, 1.807) is 7.11 Å². The van der Waals surface area contributed by atoms with E-state index < -0.39 is 0 Å². The number of rotatable bonds is 11. The minimum Gasteiger partial charge on any atom is -0.497 e. The van der Waals surface area contributed by atoms with E-state index in [1.807, 2.05) is 35.2 Å². The van der Waals surface area contributed by atoms with Crippen LogP contribution in [0.4, 0.5) is 0 Å². The second kappa shape index (κ2) is 11.4. The van der Waals surface area contributed by atoms with Crippen molar-refractivity contribution in [3.8, 4) is 5.75 Å². The first-order chi connectivity index (χ1) is 15.2. The summed E-state index contributed by atoms with van der Waals surface area (Å²) >= 11 is 0. The van der Waals surface area contributed by atoms with Gasteiger partial charge in [0.25, 0.3) is 0 Å². The predicted molar refractivity (Wildman–Crippen MR) is 126 cm³/mol. The Morgan fingerprint density at radius 3 is 2.55 bits per heavy atom. The number of methoxy groups -OCH3 is 1. The van der Waals surface area contributed by atoms with Crippen molar-refractivity contribution in [2.75, 3.05) is 13.7 Å². The number of benzene rings is 2. The van der Waals surface area contributed by atoms with Crippen LogP contribution in [0.15, 0.2) is 72.9 Å². The molecule has 0 aliphatic carbocycles. The average Bonchev–Trinajstić information content (AvgIpc) is 3.24. The fourth-order valence-electron chi connectivity index (χ4n) is 3.99. The Morgan fingerprint density at radius 2 is 1.84 bits per heavy atom. The molecule has 0 saturated heterocycles. The number of aromatic nitrogens is 1. The molecule has 1 atom stereocenters. The van der Waals surface area contributed by atoms with Crippen molar-refractivity contribution < 1.29 is 9.53 Å². The van der Waals surface area contributed by atoms with Gasteiger partial charge in [0.15, 0.2) is 0 Å². The number of ether oxygens (including phenoxy) is 1. The molecule has 0 spiro atoms. The summed E-state index contributed by atoms with van der Waals surface area (Å²) in [6.07, 6.45) is 4.96. The molecule has 0 fully saturated rings. The zero-order valence-corrected chi connectivity index (χ0v) is 19.0. The highest BCUT2D eigenvalue weighted by molar-refractivity contribution is 5.83. The van der Waals surface area contributed by atoms with Crippen LogP contribution in [0.3, 0.4) is 0 Å². The largest absolute Gasteiger partial charge is 0.497 e. The van der Waals surface area contributed by atoms with Crippen molar-refractivity contribution in [2.45, 2.75) is 52.1 Å². The molecule has 0 saturated carbocycles. The van der Waals surface area contributed by atoms with Crippen LogP contribution in [0.1, 0.15) is 55.8 Å². The van der Waals surface area contributed by atoms with Gasteiger partial charge in [-0.1, -0.05) is 62.7 Å². The van der Waals surface area contributed by atoms with Gasteiger partial charge in [0.05, 0.1) is 19.6 Å². The molecule has 3 aromatic rings. The Labute approximate surface area is 186 Å². The quantitative estimate of drug-likeness (QED) is 0.390. The van der Waals surface area contributed by atoms with Crippen LogP contribution < -0.4 is 4.74 Å². The predicted octanol–water partition coefficient (Wildman–Crippen LogP) is 5.87. The van der Waals surface area contributed by atoms with Gasteiger partial charge in [-0.15, -0.1) is 0 Å². The lowest BCUT2D eigenvalue weighted by Gasteiger charge is -2.28. The summed E-state index contributed by atoms with van der Waals surface area (Å²) in [5, 5.41) is 0. The molecule has 164 valence electrons. The zero-order chi connectivity index (χ0) is 22.1. The van der Waals surface area contributed by atoms with Gasteiger partial charge >= 0.3 is 0 Å². The van der Waals surface area contributed by atoms with Gasteiger partial charge in [-0.3, -0.25) is 4.79 Å². The van der Waals surface area contributed by atoms with E-state index in [1.165, 1.54) is 5.56 Å². The highest BCUT2D eigenvalue weighted by Gasteiger charge is 2.25. The smallest absolute Gasteiger partial charge is 0.230 e. The monoisotopic (exact) mass is 418 g/mol. The standard InChI is InChI=1S/C27H34N2O2/c1-4-6-17-29(27(30)26(5-2)23-13-8-7-9-14-23)21-24-15-11-18-28(24)20-22-12-10-16-25(19-22)31-3/h7-16,18-19,26H,4-6,17,20-21H2,1-3H3/t26-/m1/s1. The van der Waals surface area contributed by atoms with Crippen molar-refractivity contribution in [2.24, 2.45) is 0 Å². The summed E-state index contributed by atoms with van der Waals surface area (Å²) in [7, 11) is 1.69. The Bertz CT molecular complexity index is 949. The Morgan fingerprint density at radius 1 is 1.03 bits per heavy atom.